The molecule has 2 aliphatic carbocycles. The van der Waals surface area contributed by atoms with Gasteiger partial charge in [-0.05, 0) is 0 Å². The molecule has 1 atom stereocenters. The summed E-state index contributed by atoms with van der Waals surface area (Å²) < 4.78 is 3.81. The Bertz CT molecular complexity index is 1360. The van der Waals surface area contributed by atoms with E-state index < -0.39 is 21.3 Å². The fraction of sp³-hybridized carbons (Fsp3) is 0.182. The fourth-order valence-corrected chi connectivity index (χ4v) is 14.9. The van der Waals surface area contributed by atoms with Crippen molar-refractivity contribution >= 4 is 15.4 Å². The van der Waals surface area contributed by atoms with Crippen molar-refractivity contribution in [2.24, 2.45) is 5.92 Å². The van der Waals surface area contributed by atoms with Gasteiger partial charge in [-0.2, -0.15) is 0 Å². The van der Waals surface area contributed by atoms with Gasteiger partial charge in [-0.25, -0.2) is 0 Å². The molecule has 3 aromatic carbocycles. The van der Waals surface area contributed by atoms with Crippen molar-refractivity contribution in [1.29, 1.82) is 0 Å². The molecule has 0 amide bonds. The van der Waals surface area contributed by atoms with Crippen LogP contribution in [0.1, 0.15) is 57.8 Å². The fourth-order valence-electron chi connectivity index (χ4n) is 5.64. The van der Waals surface area contributed by atoms with Crippen LogP contribution in [0.2, 0.25) is 0 Å². The summed E-state index contributed by atoms with van der Waals surface area (Å²) in [6.45, 7) is 17.3. The minimum atomic E-state index is -2.41. The topological polar surface area (TPSA) is 0 Å². The van der Waals surface area contributed by atoms with E-state index in [0.29, 0.717) is 9.54 Å². The molecule has 5 rings (SSSR count). The molecule has 0 nitrogen and oxygen atoms in total. The minimum absolute atomic E-state index is 0. The van der Waals surface area contributed by atoms with Crippen LogP contribution in [-0.2, 0) is 21.3 Å². The second-order valence-corrected chi connectivity index (χ2v) is 16.5. The van der Waals surface area contributed by atoms with Crippen LogP contribution in [0.3, 0.4) is 0 Å². The Labute approximate surface area is 236 Å². The predicted molar refractivity (Wildman–Crippen MR) is 146 cm³/mol. The molecule has 3 aromatic rings. The number of allylic oxidation sites excluding steroid dienone is 4. The Balaban J connectivity index is 0.00000180. The molecule has 0 bridgehead atoms. The number of hydrogen-bond acceptors (Lipinski definition) is 0. The number of aryl methyl sites for hydroxylation is 1. The number of hydrogen-bond donors (Lipinski definition) is 0. The van der Waals surface area contributed by atoms with Crippen molar-refractivity contribution in [2.75, 3.05) is 0 Å². The van der Waals surface area contributed by atoms with Gasteiger partial charge < -0.3 is 24.8 Å². The zero-order valence-electron chi connectivity index (χ0n) is 21.4. The van der Waals surface area contributed by atoms with E-state index in [1.165, 1.54) is 50.1 Å². The summed E-state index contributed by atoms with van der Waals surface area (Å²) in [6, 6.07) is 23.1. The maximum atomic E-state index is 4.03. The van der Waals surface area contributed by atoms with Crippen LogP contribution in [0.5, 0.6) is 0 Å². The first kappa shape index (κ1) is 28.5. The molecule has 0 saturated heterocycles. The Hall–Kier alpha value is -2.05. The quantitative estimate of drug-likeness (QED) is 0.429. The van der Waals surface area contributed by atoms with E-state index in [9.17, 15) is 0 Å². The maximum Gasteiger partial charge on any atom is -1.00 e. The van der Waals surface area contributed by atoms with Crippen LogP contribution in [0.25, 0.3) is 23.3 Å². The van der Waals surface area contributed by atoms with Gasteiger partial charge >= 0.3 is 213 Å². The predicted octanol–water partition coefficient (Wildman–Crippen LogP) is 2.70. The molecule has 0 aromatic heterocycles. The third kappa shape index (κ3) is 5.04. The summed E-state index contributed by atoms with van der Waals surface area (Å²) in [5.41, 5.74) is 12.3. The van der Waals surface area contributed by atoms with E-state index >= 15 is 0 Å². The molecule has 36 heavy (non-hydrogen) atoms. The number of rotatable bonds is 5. The number of halogens is 2. The van der Waals surface area contributed by atoms with Gasteiger partial charge in [0, 0.05) is 0 Å². The van der Waals surface area contributed by atoms with Gasteiger partial charge in [-0.15, -0.1) is 0 Å². The summed E-state index contributed by atoms with van der Waals surface area (Å²) in [5.74, 6) is 0.516. The van der Waals surface area contributed by atoms with E-state index in [-0.39, 0.29) is 24.8 Å². The number of benzene rings is 3. The average molecular weight is 591 g/mol. The van der Waals surface area contributed by atoms with E-state index in [4.69, 9.17) is 0 Å². The van der Waals surface area contributed by atoms with Crippen LogP contribution < -0.4 is 24.8 Å². The standard InChI is InChI=1S/C17H13.C9H10.C7H9.2ClH.Zr/c1-3-12-5-7-14-11-15-8-6-13(4-2)10-17(15)16(14)9-12;1-3-9-6-4-8(2)5-7-9;1-6-3-4-7(2)5-6;;;/h3-11H,1-2H2;4-7H,1-2H3;3,5,7H,1-2H3;2*1H;/q;;;;;+2/p-2. The molecular weight excluding hydrogens is 558 g/mol. The number of fused-ring (bicyclic) bond motifs is 3. The third-order valence-corrected chi connectivity index (χ3v) is 16.1. The van der Waals surface area contributed by atoms with Crippen molar-refractivity contribution in [2.45, 2.75) is 31.3 Å². The van der Waals surface area contributed by atoms with Gasteiger partial charge in [0.05, 0.1) is 0 Å². The molecule has 3 heteroatoms. The van der Waals surface area contributed by atoms with Crippen LogP contribution in [-0.4, -0.2) is 3.21 Å². The largest absolute Gasteiger partial charge is 1.00 e. The van der Waals surface area contributed by atoms with Crippen molar-refractivity contribution < 1.29 is 46.1 Å². The zero-order chi connectivity index (χ0) is 24.0. The molecular formula is C33H32Cl2Zr. The van der Waals surface area contributed by atoms with Gasteiger partial charge in [0.15, 0.2) is 0 Å². The third-order valence-electron chi connectivity index (χ3n) is 7.41. The van der Waals surface area contributed by atoms with Gasteiger partial charge in [-0.3, -0.25) is 0 Å². The van der Waals surface area contributed by atoms with Crippen LogP contribution in [0.4, 0.5) is 0 Å². The Morgan fingerprint density at radius 1 is 0.806 bits per heavy atom. The van der Waals surface area contributed by atoms with Crippen molar-refractivity contribution in [3.63, 3.8) is 0 Å². The Morgan fingerprint density at radius 2 is 1.33 bits per heavy atom. The summed E-state index contributed by atoms with van der Waals surface area (Å²) >= 11 is -2.41. The Kier molecular flexibility index (Phi) is 9.16. The molecule has 0 aliphatic heterocycles. The average Bonchev–Trinajstić information content (AvgIpc) is 3.35. The van der Waals surface area contributed by atoms with Gasteiger partial charge in [0.2, 0.25) is 0 Å². The summed E-state index contributed by atoms with van der Waals surface area (Å²) in [7, 11) is 0. The first-order valence-electron chi connectivity index (χ1n) is 12.1. The van der Waals surface area contributed by atoms with Crippen LogP contribution in [0.15, 0.2) is 94.8 Å². The molecule has 0 N–H and O–H groups in total. The van der Waals surface area contributed by atoms with Crippen molar-refractivity contribution in [3.05, 3.63) is 128 Å². The minimum Gasteiger partial charge on any atom is -1.00 e. The van der Waals surface area contributed by atoms with Crippen LogP contribution >= 0.6 is 0 Å². The van der Waals surface area contributed by atoms with Crippen molar-refractivity contribution in [3.8, 4) is 11.1 Å². The maximum absolute atomic E-state index is 4.03. The molecule has 0 radical (unpaired) electrons. The molecule has 1 unspecified atom stereocenters. The van der Waals surface area contributed by atoms with Crippen molar-refractivity contribution in [1.82, 2.24) is 0 Å². The van der Waals surface area contributed by atoms with E-state index in [0.717, 1.165) is 0 Å². The van der Waals surface area contributed by atoms with Gasteiger partial charge in [-0.1, -0.05) is 0 Å². The van der Waals surface area contributed by atoms with E-state index in [1.807, 2.05) is 12.2 Å². The molecule has 0 spiro atoms. The summed E-state index contributed by atoms with van der Waals surface area (Å²) in [6.07, 6.45) is 8.90. The summed E-state index contributed by atoms with van der Waals surface area (Å²) in [5, 5.41) is 0. The second-order valence-electron chi connectivity index (χ2n) is 9.74. The Morgan fingerprint density at radius 3 is 1.78 bits per heavy atom. The SMILES string of the molecule is C=Cc1ccc2c(c1)-c1cc(C=C)ccc1[CH]2/[Zr+2]([C]1=CC(C)=CC1C)=[C](\C)c1ccc(C)cc1.[Cl-].[Cl-]. The molecule has 182 valence electrons. The monoisotopic (exact) mass is 588 g/mol. The smallest absolute Gasteiger partial charge is 1.00 e. The van der Waals surface area contributed by atoms with E-state index in [1.54, 1.807) is 6.49 Å². The summed E-state index contributed by atoms with van der Waals surface area (Å²) in [4.78, 5) is 0. The normalized spacial score (nSPS) is 16.0. The molecule has 2 aliphatic rings. The molecule has 0 heterocycles. The molecule has 0 saturated carbocycles. The van der Waals surface area contributed by atoms with Gasteiger partial charge in [0.1, 0.15) is 0 Å². The second kappa shape index (κ2) is 11.6. The first-order valence-corrected chi connectivity index (χ1v) is 16.0. The van der Waals surface area contributed by atoms with Crippen LogP contribution in [0, 0.1) is 12.8 Å². The zero-order valence-corrected chi connectivity index (χ0v) is 25.4. The first-order chi connectivity index (χ1) is 16.4. The van der Waals surface area contributed by atoms with Gasteiger partial charge in [0.25, 0.3) is 0 Å². The molecule has 0 fully saturated rings. The van der Waals surface area contributed by atoms with E-state index in [2.05, 4.69) is 114 Å².